The van der Waals surface area contributed by atoms with Crippen molar-refractivity contribution in [2.24, 2.45) is 7.05 Å². The second kappa shape index (κ2) is 6.51. The van der Waals surface area contributed by atoms with Crippen molar-refractivity contribution in [1.82, 2.24) is 4.57 Å². The summed E-state index contributed by atoms with van der Waals surface area (Å²) in [4.78, 5) is 12.2. The van der Waals surface area contributed by atoms with E-state index in [1.165, 1.54) is 0 Å². The summed E-state index contributed by atoms with van der Waals surface area (Å²) < 4.78 is 12.9. The van der Waals surface area contributed by atoms with Crippen LogP contribution < -0.4 is 20.3 Å². The lowest BCUT2D eigenvalue weighted by atomic mass is 10.1. The summed E-state index contributed by atoms with van der Waals surface area (Å²) in [5.74, 6) is 1.31. The van der Waals surface area contributed by atoms with E-state index in [1.807, 2.05) is 38.1 Å². The molecule has 0 saturated heterocycles. The number of aryl methyl sites for hydroxylation is 3. The SMILES string of the molecule is COc1c(Nc2cccc(C)c2)cc(OC)c2c1c(C)cc(=O)n2C. The number of anilines is 2. The molecule has 0 fully saturated rings. The van der Waals surface area contributed by atoms with Crippen molar-refractivity contribution >= 4 is 22.3 Å². The second-order valence-electron chi connectivity index (χ2n) is 6.10. The summed E-state index contributed by atoms with van der Waals surface area (Å²) in [6.07, 6.45) is 0. The molecule has 0 aliphatic heterocycles. The normalized spacial score (nSPS) is 10.8. The van der Waals surface area contributed by atoms with Gasteiger partial charge >= 0.3 is 0 Å². The molecule has 130 valence electrons. The van der Waals surface area contributed by atoms with Gasteiger partial charge in [-0.05, 0) is 37.1 Å². The highest BCUT2D eigenvalue weighted by Crippen LogP contribution is 2.41. The molecule has 0 aliphatic carbocycles. The molecule has 5 heteroatoms. The van der Waals surface area contributed by atoms with Crippen molar-refractivity contribution in [2.75, 3.05) is 19.5 Å². The quantitative estimate of drug-likeness (QED) is 0.783. The summed E-state index contributed by atoms with van der Waals surface area (Å²) in [5.41, 5.74) is 4.40. The smallest absolute Gasteiger partial charge is 0.251 e. The van der Waals surface area contributed by atoms with E-state index in [4.69, 9.17) is 9.47 Å². The van der Waals surface area contributed by atoms with Gasteiger partial charge in [0.1, 0.15) is 5.75 Å². The molecular formula is C20H22N2O3. The highest BCUT2D eigenvalue weighted by Gasteiger charge is 2.18. The summed E-state index contributed by atoms with van der Waals surface area (Å²) in [5, 5.41) is 4.26. The van der Waals surface area contributed by atoms with Gasteiger partial charge in [-0.1, -0.05) is 12.1 Å². The second-order valence-corrected chi connectivity index (χ2v) is 6.10. The summed E-state index contributed by atoms with van der Waals surface area (Å²) >= 11 is 0. The third kappa shape index (κ3) is 2.93. The van der Waals surface area contributed by atoms with Crippen molar-refractivity contribution in [3.8, 4) is 11.5 Å². The molecule has 1 heterocycles. The van der Waals surface area contributed by atoms with Gasteiger partial charge < -0.3 is 19.4 Å². The molecule has 0 bridgehead atoms. The monoisotopic (exact) mass is 338 g/mol. The van der Waals surface area contributed by atoms with Gasteiger partial charge in [0.05, 0.1) is 25.4 Å². The van der Waals surface area contributed by atoms with Crippen molar-refractivity contribution in [3.63, 3.8) is 0 Å². The predicted molar refractivity (Wildman–Crippen MR) is 101 cm³/mol. The zero-order valence-electron chi connectivity index (χ0n) is 15.1. The summed E-state index contributed by atoms with van der Waals surface area (Å²) in [6.45, 7) is 3.95. The number of pyridine rings is 1. The lowest BCUT2D eigenvalue weighted by Gasteiger charge is -2.19. The minimum absolute atomic E-state index is 0.0789. The molecule has 3 rings (SSSR count). The van der Waals surface area contributed by atoms with Crippen molar-refractivity contribution < 1.29 is 9.47 Å². The van der Waals surface area contributed by atoms with Crippen LogP contribution in [-0.2, 0) is 7.05 Å². The Morgan fingerprint density at radius 1 is 1.04 bits per heavy atom. The van der Waals surface area contributed by atoms with Crippen LogP contribution >= 0.6 is 0 Å². The predicted octanol–water partition coefficient (Wildman–Crippen LogP) is 3.92. The highest BCUT2D eigenvalue weighted by molar-refractivity contribution is 5.98. The number of ether oxygens (including phenoxy) is 2. The van der Waals surface area contributed by atoms with Crippen molar-refractivity contribution in [3.05, 3.63) is 57.9 Å². The Morgan fingerprint density at radius 2 is 1.80 bits per heavy atom. The average molecular weight is 338 g/mol. The van der Waals surface area contributed by atoms with Crippen LogP contribution in [0.2, 0.25) is 0 Å². The van der Waals surface area contributed by atoms with Crippen molar-refractivity contribution in [2.45, 2.75) is 13.8 Å². The van der Waals surface area contributed by atoms with E-state index in [9.17, 15) is 4.79 Å². The van der Waals surface area contributed by atoms with E-state index < -0.39 is 0 Å². The fourth-order valence-electron chi connectivity index (χ4n) is 3.13. The number of aromatic nitrogens is 1. The number of benzene rings is 2. The van der Waals surface area contributed by atoms with Crippen LogP contribution in [0.15, 0.2) is 41.2 Å². The summed E-state index contributed by atoms with van der Waals surface area (Å²) in [6, 6.07) is 11.6. The van der Waals surface area contributed by atoms with E-state index in [-0.39, 0.29) is 5.56 Å². The van der Waals surface area contributed by atoms with Gasteiger partial charge in [0, 0.05) is 30.3 Å². The van der Waals surface area contributed by atoms with Gasteiger partial charge in [-0.2, -0.15) is 0 Å². The minimum atomic E-state index is -0.0789. The molecule has 0 radical (unpaired) electrons. The molecule has 0 amide bonds. The van der Waals surface area contributed by atoms with Gasteiger partial charge in [0.15, 0.2) is 5.75 Å². The van der Waals surface area contributed by atoms with Crippen LogP contribution in [0.5, 0.6) is 11.5 Å². The van der Waals surface area contributed by atoms with Crippen LogP contribution in [-0.4, -0.2) is 18.8 Å². The highest BCUT2D eigenvalue weighted by atomic mass is 16.5. The van der Waals surface area contributed by atoms with E-state index >= 15 is 0 Å². The molecule has 1 aromatic heterocycles. The maximum Gasteiger partial charge on any atom is 0.251 e. The van der Waals surface area contributed by atoms with Gasteiger partial charge in [0.25, 0.3) is 5.56 Å². The van der Waals surface area contributed by atoms with Gasteiger partial charge in [0.2, 0.25) is 0 Å². The molecule has 2 aromatic carbocycles. The minimum Gasteiger partial charge on any atom is -0.494 e. The fraction of sp³-hybridized carbons (Fsp3) is 0.250. The Bertz CT molecular complexity index is 1010. The first-order chi connectivity index (χ1) is 12.0. The molecule has 0 aliphatic rings. The molecular weight excluding hydrogens is 316 g/mol. The van der Waals surface area contributed by atoms with Crippen LogP contribution in [0, 0.1) is 13.8 Å². The fourth-order valence-corrected chi connectivity index (χ4v) is 3.13. The largest absolute Gasteiger partial charge is 0.494 e. The number of methoxy groups -OCH3 is 2. The number of nitrogens with zero attached hydrogens (tertiary/aromatic N) is 1. The van der Waals surface area contributed by atoms with E-state index in [0.29, 0.717) is 11.5 Å². The lowest BCUT2D eigenvalue weighted by Crippen LogP contribution is -2.17. The zero-order chi connectivity index (χ0) is 18.1. The molecule has 0 spiro atoms. The van der Waals surface area contributed by atoms with Crippen LogP contribution in [0.4, 0.5) is 11.4 Å². The Balaban J connectivity index is 2.32. The number of rotatable bonds is 4. The summed E-state index contributed by atoms with van der Waals surface area (Å²) in [7, 11) is 4.97. The van der Waals surface area contributed by atoms with Gasteiger partial charge in [-0.3, -0.25) is 4.79 Å². The Kier molecular flexibility index (Phi) is 4.40. The van der Waals surface area contributed by atoms with E-state index in [0.717, 1.165) is 33.4 Å². The first-order valence-corrected chi connectivity index (χ1v) is 8.05. The van der Waals surface area contributed by atoms with Gasteiger partial charge in [-0.25, -0.2) is 0 Å². The Morgan fingerprint density at radius 3 is 2.44 bits per heavy atom. The zero-order valence-corrected chi connectivity index (χ0v) is 15.1. The first kappa shape index (κ1) is 16.9. The Labute approximate surface area is 146 Å². The molecule has 1 N–H and O–H groups in total. The molecule has 3 aromatic rings. The standard InChI is InChI=1S/C20H22N2O3/c1-12-7-6-8-14(9-12)21-15-11-16(24-4)19-18(20(15)25-5)13(2)10-17(23)22(19)3/h6-11,21H,1-5H3. The number of fused-ring (bicyclic) bond motifs is 1. The van der Waals surface area contributed by atoms with Crippen molar-refractivity contribution in [1.29, 1.82) is 0 Å². The van der Waals surface area contributed by atoms with Crippen LogP contribution in [0.3, 0.4) is 0 Å². The maximum absolute atomic E-state index is 12.2. The number of nitrogens with one attached hydrogen (secondary N) is 1. The molecule has 5 nitrogen and oxygen atoms in total. The third-order valence-electron chi connectivity index (χ3n) is 4.34. The van der Waals surface area contributed by atoms with E-state index in [1.54, 1.807) is 31.9 Å². The lowest BCUT2D eigenvalue weighted by molar-refractivity contribution is 0.410. The first-order valence-electron chi connectivity index (χ1n) is 8.05. The topological polar surface area (TPSA) is 52.5 Å². The molecule has 25 heavy (non-hydrogen) atoms. The number of hydrogen-bond donors (Lipinski definition) is 1. The van der Waals surface area contributed by atoms with E-state index in [2.05, 4.69) is 11.4 Å². The Hall–Kier alpha value is -2.95. The maximum atomic E-state index is 12.2. The molecule has 0 atom stereocenters. The average Bonchev–Trinajstić information content (AvgIpc) is 2.58. The third-order valence-corrected chi connectivity index (χ3v) is 4.34. The molecule has 0 saturated carbocycles. The number of hydrogen-bond acceptors (Lipinski definition) is 4. The van der Waals surface area contributed by atoms with Crippen LogP contribution in [0.1, 0.15) is 11.1 Å². The van der Waals surface area contributed by atoms with Crippen LogP contribution in [0.25, 0.3) is 10.9 Å². The molecule has 0 unspecified atom stereocenters. The van der Waals surface area contributed by atoms with Gasteiger partial charge in [-0.15, -0.1) is 0 Å².